The number of carbonyl (C=O) groups excluding carboxylic acids is 1. The number of hydrogen-bond acceptors (Lipinski definition) is 2. The van der Waals surface area contributed by atoms with Gasteiger partial charge >= 0.3 is 18.0 Å². The first kappa shape index (κ1) is 15.2. The molecule has 9 heteroatoms. The van der Waals surface area contributed by atoms with E-state index in [1.807, 2.05) is 0 Å². The van der Waals surface area contributed by atoms with Crippen LogP contribution in [-0.2, 0) is 4.79 Å². The van der Waals surface area contributed by atoms with Gasteiger partial charge in [-0.25, -0.2) is 0 Å². The molecular weight excluding hydrogens is 295 g/mol. The number of benzene rings is 1. The van der Waals surface area contributed by atoms with E-state index in [9.17, 15) is 26.7 Å². The molecule has 0 saturated carbocycles. The first-order valence-electron chi connectivity index (χ1n) is 4.55. The zero-order valence-corrected chi connectivity index (χ0v) is 9.61. The molecule has 0 unspecified atom stereocenters. The first-order chi connectivity index (χ1) is 8.59. The number of nitriles is 1. The van der Waals surface area contributed by atoms with Crippen LogP contribution >= 0.6 is 11.6 Å². The van der Waals surface area contributed by atoms with E-state index in [1.54, 1.807) is 6.07 Å². The van der Waals surface area contributed by atoms with Gasteiger partial charge in [-0.05, 0) is 18.2 Å². The first-order valence-corrected chi connectivity index (χ1v) is 4.93. The quantitative estimate of drug-likeness (QED) is 0.851. The number of halogens is 6. The second-order valence-electron chi connectivity index (χ2n) is 3.33. The molecule has 0 spiro atoms. The zero-order chi connectivity index (χ0) is 14.8. The van der Waals surface area contributed by atoms with Gasteiger partial charge in [0.1, 0.15) is 0 Å². The molecule has 0 radical (unpaired) electrons. The van der Waals surface area contributed by atoms with Gasteiger partial charge in [0.05, 0.1) is 22.3 Å². The third-order valence-electron chi connectivity index (χ3n) is 1.99. The van der Waals surface area contributed by atoms with Gasteiger partial charge in [0.2, 0.25) is 0 Å². The maximum Gasteiger partial charge on any atom is 0.463 e. The van der Waals surface area contributed by atoms with Crippen molar-refractivity contribution in [1.29, 1.82) is 5.26 Å². The molecule has 0 atom stereocenters. The van der Waals surface area contributed by atoms with E-state index in [2.05, 4.69) is 0 Å². The average Bonchev–Trinajstić information content (AvgIpc) is 2.30. The molecule has 0 aliphatic heterocycles. The van der Waals surface area contributed by atoms with Crippen molar-refractivity contribution in [3.05, 3.63) is 28.8 Å². The van der Waals surface area contributed by atoms with E-state index in [-0.39, 0.29) is 10.6 Å². The van der Waals surface area contributed by atoms with Gasteiger partial charge in [-0.3, -0.25) is 4.79 Å². The standard InChI is InChI=1S/C10H4ClF5N2O/c11-6-3-5(4-17)1-2-7(6)18-8(19)9(12,13)10(14,15)16/h1-3H,(H,18,19). The summed E-state index contributed by atoms with van der Waals surface area (Å²) in [7, 11) is 0. The molecule has 0 heterocycles. The van der Waals surface area contributed by atoms with Crippen LogP contribution < -0.4 is 5.32 Å². The summed E-state index contributed by atoms with van der Waals surface area (Å²) in [5.74, 6) is -8.09. The molecule has 0 aliphatic carbocycles. The molecule has 0 saturated heterocycles. The molecule has 1 aromatic rings. The largest absolute Gasteiger partial charge is 0.463 e. The minimum absolute atomic E-state index is 0.0607. The van der Waals surface area contributed by atoms with Crippen LogP contribution in [-0.4, -0.2) is 18.0 Å². The molecule has 0 fully saturated rings. The Hall–Kier alpha value is -1.88. The van der Waals surface area contributed by atoms with Gasteiger partial charge in [-0.2, -0.15) is 27.2 Å². The van der Waals surface area contributed by atoms with Gasteiger partial charge in [-0.15, -0.1) is 0 Å². The van der Waals surface area contributed by atoms with Gasteiger partial charge in [0, 0.05) is 0 Å². The molecular formula is C10H4ClF5N2O. The molecule has 1 amide bonds. The van der Waals surface area contributed by atoms with Crippen molar-refractivity contribution in [2.45, 2.75) is 12.1 Å². The van der Waals surface area contributed by atoms with Crippen LogP contribution in [0.15, 0.2) is 18.2 Å². The summed E-state index contributed by atoms with van der Waals surface area (Å²) in [5, 5.41) is 9.54. The molecule has 0 aliphatic rings. The topological polar surface area (TPSA) is 52.9 Å². The maximum atomic E-state index is 12.7. The minimum Gasteiger partial charge on any atom is -0.319 e. The second-order valence-corrected chi connectivity index (χ2v) is 3.74. The van der Waals surface area contributed by atoms with E-state index in [0.717, 1.165) is 18.2 Å². The summed E-state index contributed by atoms with van der Waals surface area (Å²) in [6, 6.07) is 4.75. The van der Waals surface area contributed by atoms with Crippen molar-refractivity contribution in [1.82, 2.24) is 0 Å². The Kier molecular flexibility index (Phi) is 4.00. The summed E-state index contributed by atoms with van der Waals surface area (Å²) in [6.07, 6.45) is -6.00. The SMILES string of the molecule is N#Cc1ccc(NC(=O)C(F)(F)C(F)(F)F)c(Cl)c1. The summed E-state index contributed by atoms with van der Waals surface area (Å²) in [6.45, 7) is 0. The molecule has 3 nitrogen and oxygen atoms in total. The lowest BCUT2D eigenvalue weighted by Crippen LogP contribution is -2.47. The third kappa shape index (κ3) is 3.12. The number of carbonyl (C=O) groups is 1. The van der Waals surface area contributed by atoms with Crippen LogP contribution in [0, 0.1) is 11.3 Å². The minimum atomic E-state index is -6.00. The van der Waals surface area contributed by atoms with Gasteiger partial charge in [0.25, 0.3) is 0 Å². The van der Waals surface area contributed by atoms with Crippen LogP contribution in [0.1, 0.15) is 5.56 Å². The predicted molar refractivity (Wildman–Crippen MR) is 55.8 cm³/mol. The van der Waals surface area contributed by atoms with Gasteiger partial charge in [0.15, 0.2) is 0 Å². The fraction of sp³-hybridized carbons (Fsp3) is 0.200. The average molecular weight is 299 g/mol. The van der Waals surface area contributed by atoms with Crippen LogP contribution in [0.2, 0.25) is 5.02 Å². The van der Waals surface area contributed by atoms with Crippen molar-refractivity contribution in [2.75, 3.05) is 5.32 Å². The number of alkyl halides is 5. The van der Waals surface area contributed by atoms with Crippen molar-refractivity contribution >= 4 is 23.2 Å². The smallest absolute Gasteiger partial charge is 0.319 e. The Labute approximate surface area is 108 Å². The highest BCUT2D eigenvalue weighted by molar-refractivity contribution is 6.33. The monoisotopic (exact) mass is 298 g/mol. The Morgan fingerprint density at radius 2 is 1.84 bits per heavy atom. The van der Waals surface area contributed by atoms with Crippen LogP contribution in [0.5, 0.6) is 0 Å². The normalized spacial score (nSPS) is 11.8. The lowest BCUT2D eigenvalue weighted by Gasteiger charge is -2.19. The lowest BCUT2D eigenvalue weighted by atomic mass is 10.2. The van der Waals surface area contributed by atoms with E-state index in [0.29, 0.717) is 0 Å². The van der Waals surface area contributed by atoms with E-state index >= 15 is 0 Å². The lowest BCUT2D eigenvalue weighted by molar-refractivity contribution is -0.267. The predicted octanol–water partition coefficient (Wildman–Crippen LogP) is 3.35. The highest BCUT2D eigenvalue weighted by Crippen LogP contribution is 2.36. The summed E-state index contributed by atoms with van der Waals surface area (Å²) < 4.78 is 61.1. The number of hydrogen-bond donors (Lipinski definition) is 1. The van der Waals surface area contributed by atoms with Gasteiger partial charge in [-0.1, -0.05) is 11.6 Å². The van der Waals surface area contributed by atoms with E-state index in [1.165, 1.54) is 5.32 Å². The molecule has 19 heavy (non-hydrogen) atoms. The van der Waals surface area contributed by atoms with E-state index in [4.69, 9.17) is 16.9 Å². The van der Waals surface area contributed by atoms with Crippen molar-refractivity contribution in [3.63, 3.8) is 0 Å². The van der Waals surface area contributed by atoms with E-state index < -0.39 is 23.7 Å². The maximum absolute atomic E-state index is 12.7. The number of anilines is 1. The molecule has 1 N–H and O–H groups in total. The Morgan fingerprint density at radius 1 is 1.26 bits per heavy atom. The van der Waals surface area contributed by atoms with Gasteiger partial charge < -0.3 is 5.32 Å². The van der Waals surface area contributed by atoms with Crippen molar-refractivity contribution < 1.29 is 26.7 Å². The molecule has 0 aromatic heterocycles. The third-order valence-corrected chi connectivity index (χ3v) is 2.30. The number of rotatable bonds is 2. The molecule has 1 aromatic carbocycles. The van der Waals surface area contributed by atoms with Crippen LogP contribution in [0.4, 0.5) is 27.6 Å². The summed E-state index contributed by atoms with van der Waals surface area (Å²) >= 11 is 5.52. The Morgan fingerprint density at radius 3 is 2.26 bits per heavy atom. The van der Waals surface area contributed by atoms with Crippen molar-refractivity contribution in [2.24, 2.45) is 0 Å². The van der Waals surface area contributed by atoms with Crippen LogP contribution in [0.25, 0.3) is 0 Å². The molecule has 102 valence electrons. The summed E-state index contributed by atoms with van der Waals surface area (Å²) in [5.41, 5.74) is -0.389. The highest BCUT2D eigenvalue weighted by atomic mass is 35.5. The summed E-state index contributed by atoms with van der Waals surface area (Å²) in [4.78, 5) is 10.9. The fourth-order valence-electron chi connectivity index (χ4n) is 1.02. The molecule has 1 rings (SSSR count). The fourth-order valence-corrected chi connectivity index (χ4v) is 1.24. The number of nitrogens with one attached hydrogen (secondary N) is 1. The Balaban J connectivity index is 2.99. The van der Waals surface area contributed by atoms with Crippen molar-refractivity contribution in [3.8, 4) is 6.07 Å². The highest BCUT2D eigenvalue weighted by Gasteiger charge is 2.63. The number of amides is 1. The zero-order valence-electron chi connectivity index (χ0n) is 8.86. The van der Waals surface area contributed by atoms with Crippen LogP contribution in [0.3, 0.4) is 0 Å². The number of nitrogens with zero attached hydrogens (tertiary/aromatic N) is 1. The Bertz CT molecular complexity index is 550. The molecule has 0 bridgehead atoms. The second kappa shape index (κ2) is 5.01.